The lowest BCUT2D eigenvalue weighted by Gasteiger charge is -2.45. The number of rotatable bonds is 6. The van der Waals surface area contributed by atoms with Crippen LogP contribution in [-0.4, -0.2) is 64.2 Å². The SMILES string of the molecule is COc1cc(Nc2nccc(Nc3cnc4ccc(Cl)cc4c3)n2)cnc1N1CCN(C)C(C)(C)C1. The zero-order valence-electron chi connectivity index (χ0n) is 20.8. The summed E-state index contributed by atoms with van der Waals surface area (Å²) in [7, 11) is 3.82. The molecular formula is C26H29ClN8O. The number of methoxy groups -OCH3 is 1. The van der Waals surface area contributed by atoms with Gasteiger partial charge in [0.2, 0.25) is 5.95 Å². The maximum Gasteiger partial charge on any atom is 0.229 e. The molecule has 5 rings (SSSR count). The summed E-state index contributed by atoms with van der Waals surface area (Å²) in [4.78, 5) is 22.8. The molecule has 4 aromatic rings. The Bertz CT molecular complexity index is 1400. The lowest BCUT2D eigenvalue weighted by Crippen LogP contribution is -2.57. The Labute approximate surface area is 215 Å². The number of nitrogens with zero attached hydrogens (tertiary/aromatic N) is 6. The van der Waals surface area contributed by atoms with Gasteiger partial charge in [-0.15, -0.1) is 0 Å². The summed E-state index contributed by atoms with van der Waals surface area (Å²) in [6.45, 7) is 7.20. The van der Waals surface area contributed by atoms with Crippen LogP contribution in [0.2, 0.25) is 5.02 Å². The van der Waals surface area contributed by atoms with Crippen LogP contribution < -0.4 is 20.3 Å². The predicted octanol–water partition coefficient (Wildman–Crippen LogP) is 5.10. The minimum absolute atomic E-state index is 0.0516. The Morgan fingerprint density at radius 3 is 2.58 bits per heavy atom. The standard InChI is InChI=1S/C26H29ClN8O/c1-26(2)16-35(10-9-34(26)3)24-22(36-4)13-20(15-30-24)32-25-28-8-7-23(33-25)31-19-12-17-11-18(27)5-6-21(17)29-14-19/h5-8,11-15H,9-10,16H2,1-4H3,(H2,28,31,32,33). The Morgan fingerprint density at radius 2 is 1.78 bits per heavy atom. The van der Waals surface area contributed by atoms with Crippen LogP contribution in [0.25, 0.3) is 10.9 Å². The van der Waals surface area contributed by atoms with Gasteiger partial charge in [-0.3, -0.25) is 9.88 Å². The number of pyridine rings is 2. The predicted molar refractivity (Wildman–Crippen MR) is 145 cm³/mol. The van der Waals surface area contributed by atoms with E-state index in [2.05, 4.69) is 56.3 Å². The summed E-state index contributed by atoms with van der Waals surface area (Å²) >= 11 is 6.13. The first-order valence-electron chi connectivity index (χ1n) is 11.7. The molecule has 186 valence electrons. The first-order valence-corrected chi connectivity index (χ1v) is 12.1. The van der Waals surface area contributed by atoms with E-state index in [9.17, 15) is 0 Å². The zero-order chi connectivity index (χ0) is 25.3. The van der Waals surface area contributed by atoms with E-state index in [4.69, 9.17) is 21.3 Å². The molecule has 1 aliphatic rings. The van der Waals surface area contributed by atoms with Crippen molar-refractivity contribution in [1.82, 2.24) is 24.8 Å². The van der Waals surface area contributed by atoms with E-state index in [0.29, 0.717) is 22.5 Å². The average molecular weight is 505 g/mol. The molecule has 9 nitrogen and oxygen atoms in total. The van der Waals surface area contributed by atoms with E-state index >= 15 is 0 Å². The Kier molecular flexibility index (Phi) is 6.51. The smallest absolute Gasteiger partial charge is 0.229 e. The molecule has 0 radical (unpaired) electrons. The molecule has 0 aliphatic carbocycles. The summed E-state index contributed by atoms with van der Waals surface area (Å²) in [6, 6.07) is 11.3. The second kappa shape index (κ2) is 9.75. The molecule has 2 N–H and O–H groups in total. The van der Waals surface area contributed by atoms with Gasteiger partial charge in [-0.05, 0) is 51.2 Å². The van der Waals surface area contributed by atoms with Crippen molar-refractivity contribution in [2.45, 2.75) is 19.4 Å². The number of hydrogen-bond acceptors (Lipinski definition) is 9. The van der Waals surface area contributed by atoms with E-state index in [1.54, 1.807) is 31.8 Å². The molecule has 1 fully saturated rings. The van der Waals surface area contributed by atoms with Crippen molar-refractivity contribution in [3.63, 3.8) is 0 Å². The normalized spacial score (nSPS) is 15.6. The molecule has 1 aromatic carbocycles. The third kappa shape index (κ3) is 5.12. The van der Waals surface area contributed by atoms with Gasteiger partial charge >= 0.3 is 0 Å². The fourth-order valence-electron chi connectivity index (χ4n) is 4.25. The topological polar surface area (TPSA) is 91.3 Å². The maximum atomic E-state index is 6.13. The summed E-state index contributed by atoms with van der Waals surface area (Å²) in [5.74, 6) is 2.61. The number of anilines is 5. The van der Waals surface area contributed by atoms with Gasteiger partial charge in [-0.1, -0.05) is 11.6 Å². The number of aromatic nitrogens is 4. The van der Waals surface area contributed by atoms with Crippen LogP contribution in [0.15, 0.2) is 55.0 Å². The third-order valence-electron chi connectivity index (χ3n) is 6.50. The average Bonchev–Trinajstić information content (AvgIpc) is 2.85. The highest BCUT2D eigenvalue weighted by molar-refractivity contribution is 6.31. The lowest BCUT2D eigenvalue weighted by atomic mass is 10.00. The van der Waals surface area contributed by atoms with Crippen LogP contribution in [0.5, 0.6) is 5.75 Å². The summed E-state index contributed by atoms with van der Waals surface area (Å²) < 4.78 is 5.69. The monoisotopic (exact) mass is 504 g/mol. The number of fused-ring (bicyclic) bond motifs is 1. The minimum atomic E-state index is 0.0516. The maximum absolute atomic E-state index is 6.13. The third-order valence-corrected chi connectivity index (χ3v) is 6.73. The molecule has 4 heterocycles. The largest absolute Gasteiger partial charge is 0.493 e. The second-order valence-electron chi connectivity index (χ2n) is 9.48. The number of nitrogens with one attached hydrogen (secondary N) is 2. The van der Waals surface area contributed by atoms with Crippen LogP contribution >= 0.6 is 11.6 Å². The van der Waals surface area contributed by atoms with Crippen LogP contribution in [0, 0.1) is 0 Å². The van der Waals surface area contributed by atoms with Gasteiger partial charge < -0.3 is 20.3 Å². The van der Waals surface area contributed by atoms with Crippen molar-refractivity contribution in [1.29, 1.82) is 0 Å². The van der Waals surface area contributed by atoms with E-state index in [-0.39, 0.29) is 5.54 Å². The molecular weight excluding hydrogens is 476 g/mol. The van der Waals surface area contributed by atoms with Gasteiger partial charge in [0, 0.05) is 47.8 Å². The molecule has 0 amide bonds. The Hall–Kier alpha value is -3.69. The number of piperazine rings is 1. The first kappa shape index (κ1) is 24.0. The molecule has 1 saturated heterocycles. The zero-order valence-corrected chi connectivity index (χ0v) is 21.5. The highest BCUT2D eigenvalue weighted by atomic mass is 35.5. The van der Waals surface area contributed by atoms with Crippen molar-refractivity contribution in [3.8, 4) is 5.75 Å². The van der Waals surface area contributed by atoms with Crippen molar-refractivity contribution in [2.24, 2.45) is 0 Å². The fraction of sp³-hybridized carbons (Fsp3) is 0.308. The molecule has 0 bridgehead atoms. The van der Waals surface area contributed by atoms with Gasteiger partial charge in [-0.2, -0.15) is 4.98 Å². The van der Waals surface area contributed by atoms with Crippen molar-refractivity contribution < 1.29 is 4.74 Å². The molecule has 3 aromatic heterocycles. The van der Waals surface area contributed by atoms with Gasteiger partial charge in [0.15, 0.2) is 11.6 Å². The van der Waals surface area contributed by atoms with Gasteiger partial charge in [0.05, 0.1) is 36.4 Å². The number of likely N-dealkylation sites (N-methyl/N-ethyl adjacent to an activating group) is 1. The number of ether oxygens (including phenoxy) is 1. The van der Waals surface area contributed by atoms with Crippen LogP contribution in [-0.2, 0) is 0 Å². The molecule has 0 atom stereocenters. The lowest BCUT2D eigenvalue weighted by molar-refractivity contribution is 0.138. The molecule has 0 saturated carbocycles. The van der Waals surface area contributed by atoms with Gasteiger partial charge in [0.25, 0.3) is 0 Å². The highest BCUT2D eigenvalue weighted by Crippen LogP contribution is 2.32. The summed E-state index contributed by atoms with van der Waals surface area (Å²) in [5.41, 5.74) is 2.47. The molecule has 36 heavy (non-hydrogen) atoms. The minimum Gasteiger partial charge on any atom is -0.493 e. The van der Waals surface area contributed by atoms with Crippen LogP contribution in [0.3, 0.4) is 0 Å². The molecule has 0 spiro atoms. The molecule has 10 heteroatoms. The molecule has 1 aliphatic heterocycles. The number of hydrogen-bond donors (Lipinski definition) is 2. The quantitative estimate of drug-likeness (QED) is 0.372. The van der Waals surface area contributed by atoms with Crippen LogP contribution in [0.1, 0.15) is 13.8 Å². The van der Waals surface area contributed by atoms with E-state index in [1.165, 1.54) is 0 Å². The number of halogens is 1. The fourth-order valence-corrected chi connectivity index (χ4v) is 4.43. The molecule has 0 unspecified atom stereocenters. The van der Waals surface area contributed by atoms with E-state index in [1.807, 2.05) is 30.3 Å². The highest BCUT2D eigenvalue weighted by Gasteiger charge is 2.32. The summed E-state index contributed by atoms with van der Waals surface area (Å²) in [6.07, 6.45) is 5.23. The Morgan fingerprint density at radius 1 is 0.972 bits per heavy atom. The van der Waals surface area contributed by atoms with Crippen molar-refractivity contribution in [3.05, 3.63) is 60.0 Å². The van der Waals surface area contributed by atoms with Gasteiger partial charge in [-0.25, -0.2) is 9.97 Å². The summed E-state index contributed by atoms with van der Waals surface area (Å²) in [5, 5.41) is 8.12. The van der Waals surface area contributed by atoms with Crippen molar-refractivity contribution in [2.75, 3.05) is 49.3 Å². The van der Waals surface area contributed by atoms with E-state index < -0.39 is 0 Å². The van der Waals surface area contributed by atoms with Crippen LogP contribution in [0.4, 0.5) is 29.0 Å². The first-order chi connectivity index (χ1) is 17.3. The Balaban J connectivity index is 1.32. The van der Waals surface area contributed by atoms with E-state index in [0.717, 1.165) is 47.7 Å². The second-order valence-corrected chi connectivity index (χ2v) is 9.92. The van der Waals surface area contributed by atoms with Crippen molar-refractivity contribution >= 4 is 51.5 Å². The van der Waals surface area contributed by atoms with Gasteiger partial charge in [0.1, 0.15) is 5.82 Å². The number of benzene rings is 1.